The van der Waals surface area contributed by atoms with Crippen LogP contribution >= 0.6 is 0 Å². The minimum absolute atomic E-state index is 0.108. The molecule has 0 bridgehead atoms. The zero-order chi connectivity index (χ0) is 29.3. The first-order chi connectivity index (χ1) is 20.6. The summed E-state index contributed by atoms with van der Waals surface area (Å²) in [5.74, 6) is 1.70. The summed E-state index contributed by atoms with van der Waals surface area (Å²) in [6, 6.07) is 27.5. The fraction of sp³-hybridized carbons (Fsp3) is 0.316. The Labute approximate surface area is 249 Å². The monoisotopic (exact) mass is 562 g/mol. The summed E-state index contributed by atoms with van der Waals surface area (Å²) < 4.78 is 12.5. The number of aromatic hydroxyl groups is 2. The average Bonchev–Trinajstić information content (AvgIpc) is 3.01. The Kier molecular flexibility index (Phi) is 9.86. The first kappa shape index (κ1) is 29.3. The molecule has 0 amide bonds. The summed E-state index contributed by atoms with van der Waals surface area (Å²) in [4.78, 5) is 0. The Morgan fingerprint density at radius 1 is 0.548 bits per heavy atom. The van der Waals surface area contributed by atoms with Crippen molar-refractivity contribution in [1.82, 2.24) is 0 Å². The van der Waals surface area contributed by atoms with Crippen molar-refractivity contribution in [3.63, 3.8) is 0 Å². The third kappa shape index (κ3) is 6.49. The lowest BCUT2D eigenvalue weighted by Crippen LogP contribution is -2.01. The molecule has 0 fully saturated rings. The quantitative estimate of drug-likeness (QED) is 0.132. The van der Waals surface area contributed by atoms with Crippen molar-refractivity contribution in [2.45, 2.75) is 65.2 Å². The van der Waals surface area contributed by atoms with Crippen LogP contribution in [0.5, 0.6) is 23.0 Å². The summed E-state index contributed by atoms with van der Waals surface area (Å²) in [7, 11) is 0. The second-order valence-electron chi connectivity index (χ2n) is 11.0. The highest BCUT2D eigenvalue weighted by Crippen LogP contribution is 2.50. The topological polar surface area (TPSA) is 58.9 Å². The van der Waals surface area contributed by atoms with Gasteiger partial charge in [-0.05, 0) is 64.7 Å². The lowest BCUT2D eigenvalue weighted by Gasteiger charge is -2.19. The molecule has 2 N–H and O–H groups in total. The molecule has 0 saturated heterocycles. The zero-order valence-electron chi connectivity index (χ0n) is 24.9. The van der Waals surface area contributed by atoms with E-state index < -0.39 is 0 Å². The highest BCUT2D eigenvalue weighted by Gasteiger charge is 2.22. The molecule has 0 radical (unpaired) electrons. The van der Waals surface area contributed by atoms with Gasteiger partial charge in [-0.1, -0.05) is 107 Å². The molecule has 0 atom stereocenters. The number of fused-ring (bicyclic) bond motifs is 2. The van der Waals surface area contributed by atoms with Gasteiger partial charge in [-0.2, -0.15) is 0 Å². The summed E-state index contributed by atoms with van der Waals surface area (Å²) >= 11 is 0. The van der Waals surface area contributed by atoms with Gasteiger partial charge in [0.15, 0.2) is 0 Å². The maximum absolute atomic E-state index is 12.1. The van der Waals surface area contributed by atoms with Crippen LogP contribution in [0.25, 0.3) is 43.8 Å². The molecule has 0 unspecified atom stereocenters. The van der Waals surface area contributed by atoms with E-state index in [9.17, 15) is 10.2 Å². The minimum atomic E-state index is 0.108. The van der Waals surface area contributed by atoms with Crippen LogP contribution in [0.2, 0.25) is 0 Å². The van der Waals surface area contributed by atoms with E-state index in [0.29, 0.717) is 35.7 Å². The third-order valence-electron chi connectivity index (χ3n) is 7.94. The molecule has 5 aromatic rings. The van der Waals surface area contributed by atoms with Crippen LogP contribution in [0.15, 0.2) is 84.9 Å². The van der Waals surface area contributed by atoms with Gasteiger partial charge in [0.25, 0.3) is 0 Å². The lowest BCUT2D eigenvalue weighted by molar-refractivity contribution is 0.298. The van der Waals surface area contributed by atoms with Crippen LogP contribution in [0, 0.1) is 0 Å². The van der Waals surface area contributed by atoms with Crippen molar-refractivity contribution < 1.29 is 19.7 Å². The number of ether oxygens (including phenoxy) is 2. The van der Waals surface area contributed by atoms with E-state index in [0.717, 1.165) is 58.5 Å². The molecular formula is C38H42O4. The van der Waals surface area contributed by atoms with Crippen molar-refractivity contribution >= 4 is 21.5 Å². The fourth-order valence-electron chi connectivity index (χ4n) is 5.68. The molecule has 0 saturated carbocycles. The Balaban J connectivity index is 1.65. The van der Waals surface area contributed by atoms with Gasteiger partial charge in [0.05, 0.1) is 13.2 Å². The Morgan fingerprint density at radius 2 is 1.19 bits per heavy atom. The molecule has 0 aliphatic carbocycles. The number of unbranched alkanes of at least 4 members (excludes halogenated alkanes) is 6. The number of hydrogen-bond donors (Lipinski definition) is 2. The standard InChI is InChI=1S/C38H42O4/c1-3-5-7-13-23-41-29-20-22-35(42-24-14-8-6-4-2)32(26-29)33-25-28-16-10-12-18-31(28)37(38(33)40)36-30-17-11-9-15-27(30)19-21-34(36)39/h9-12,15-22,25-26,39-40H,3-8,13-14,23-24H2,1-2H3. The van der Waals surface area contributed by atoms with Crippen molar-refractivity contribution in [1.29, 1.82) is 0 Å². The van der Waals surface area contributed by atoms with E-state index in [1.54, 1.807) is 6.07 Å². The predicted octanol–water partition coefficient (Wildman–Crippen LogP) is 10.7. The van der Waals surface area contributed by atoms with E-state index >= 15 is 0 Å². The lowest BCUT2D eigenvalue weighted by atomic mass is 9.88. The van der Waals surface area contributed by atoms with Crippen LogP contribution in [0.4, 0.5) is 0 Å². The molecule has 0 aliphatic heterocycles. The third-order valence-corrected chi connectivity index (χ3v) is 7.94. The second-order valence-corrected chi connectivity index (χ2v) is 11.0. The summed E-state index contributed by atoms with van der Waals surface area (Å²) in [6.07, 6.45) is 8.99. The van der Waals surface area contributed by atoms with E-state index in [2.05, 4.69) is 13.8 Å². The predicted molar refractivity (Wildman–Crippen MR) is 175 cm³/mol. The van der Waals surface area contributed by atoms with Crippen molar-refractivity contribution in [2.24, 2.45) is 0 Å². The molecule has 218 valence electrons. The van der Waals surface area contributed by atoms with Gasteiger partial charge in [0, 0.05) is 22.3 Å². The average molecular weight is 563 g/mol. The molecule has 4 heteroatoms. The minimum Gasteiger partial charge on any atom is -0.507 e. The first-order valence-corrected chi connectivity index (χ1v) is 15.5. The molecule has 4 nitrogen and oxygen atoms in total. The van der Waals surface area contributed by atoms with Gasteiger partial charge in [-0.25, -0.2) is 0 Å². The van der Waals surface area contributed by atoms with Gasteiger partial charge in [0.1, 0.15) is 23.0 Å². The Hall–Kier alpha value is -4.18. The van der Waals surface area contributed by atoms with Crippen molar-refractivity contribution in [3.8, 4) is 45.3 Å². The van der Waals surface area contributed by atoms with Crippen LogP contribution in [-0.2, 0) is 0 Å². The summed E-state index contributed by atoms with van der Waals surface area (Å²) in [5.41, 5.74) is 2.66. The van der Waals surface area contributed by atoms with Crippen molar-refractivity contribution in [3.05, 3.63) is 84.9 Å². The van der Waals surface area contributed by atoms with Gasteiger partial charge in [0.2, 0.25) is 0 Å². The smallest absolute Gasteiger partial charge is 0.132 e. The van der Waals surface area contributed by atoms with E-state index in [1.165, 1.54) is 25.7 Å². The molecular weight excluding hydrogens is 520 g/mol. The van der Waals surface area contributed by atoms with Crippen LogP contribution in [0.3, 0.4) is 0 Å². The maximum Gasteiger partial charge on any atom is 0.132 e. The van der Waals surface area contributed by atoms with Gasteiger partial charge >= 0.3 is 0 Å². The fourth-order valence-corrected chi connectivity index (χ4v) is 5.68. The van der Waals surface area contributed by atoms with E-state index in [-0.39, 0.29) is 11.5 Å². The molecule has 5 rings (SSSR count). The molecule has 0 spiro atoms. The molecule has 0 aliphatic rings. The Morgan fingerprint density at radius 3 is 1.90 bits per heavy atom. The largest absolute Gasteiger partial charge is 0.507 e. The highest BCUT2D eigenvalue weighted by molar-refractivity contribution is 6.12. The number of phenolic OH excluding ortho intramolecular Hbond substituents is 2. The first-order valence-electron chi connectivity index (χ1n) is 15.5. The van der Waals surface area contributed by atoms with Gasteiger partial charge < -0.3 is 19.7 Å². The van der Waals surface area contributed by atoms with Crippen molar-refractivity contribution in [2.75, 3.05) is 13.2 Å². The van der Waals surface area contributed by atoms with Crippen LogP contribution in [-0.4, -0.2) is 23.4 Å². The summed E-state index contributed by atoms with van der Waals surface area (Å²) in [5, 5.41) is 27.0. The molecule has 0 aromatic heterocycles. The molecule has 42 heavy (non-hydrogen) atoms. The second kappa shape index (κ2) is 14.1. The number of benzene rings is 5. The van der Waals surface area contributed by atoms with E-state index in [1.807, 2.05) is 78.9 Å². The Bertz CT molecular complexity index is 1640. The van der Waals surface area contributed by atoms with Gasteiger partial charge in [-0.3, -0.25) is 0 Å². The SMILES string of the molecule is CCCCCCOc1ccc(OCCCCCC)c(-c2cc3ccccc3c(-c3c(O)ccc4ccccc34)c2O)c1. The normalized spacial score (nSPS) is 11.3. The number of phenols is 2. The van der Waals surface area contributed by atoms with Crippen LogP contribution < -0.4 is 9.47 Å². The van der Waals surface area contributed by atoms with E-state index in [4.69, 9.17) is 9.47 Å². The zero-order valence-corrected chi connectivity index (χ0v) is 24.9. The molecule has 0 heterocycles. The molecule has 5 aromatic carbocycles. The van der Waals surface area contributed by atoms with Gasteiger partial charge in [-0.15, -0.1) is 0 Å². The number of rotatable bonds is 14. The maximum atomic E-state index is 12.1. The highest BCUT2D eigenvalue weighted by atomic mass is 16.5. The van der Waals surface area contributed by atoms with Crippen LogP contribution in [0.1, 0.15) is 65.2 Å². The summed E-state index contributed by atoms with van der Waals surface area (Å²) in [6.45, 7) is 5.66. The number of hydrogen-bond acceptors (Lipinski definition) is 4.